The van der Waals surface area contributed by atoms with Gasteiger partial charge >= 0.3 is 0 Å². The molecule has 18 heavy (non-hydrogen) atoms. The van der Waals surface area contributed by atoms with Gasteiger partial charge in [0.2, 0.25) is 0 Å². The summed E-state index contributed by atoms with van der Waals surface area (Å²) in [5.41, 5.74) is 0.543. The molecule has 0 bridgehead atoms. The number of hydrogen-bond donors (Lipinski definition) is 2. The first-order valence-electron chi connectivity index (χ1n) is 5.53. The smallest absolute Gasteiger partial charge is 0.255 e. The molecule has 0 aliphatic heterocycles. The molecule has 94 valence electrons. The monoisotopic (exact) mass is 262 g/mol. The van der Waals surface area contributed by atoms with Gasteiger partial charge in [0, 0.05) is 24.3 Å². The molecule has 2 rings (SSSR count). The van der Waals surface area contributed by atoms with Crippen LogP contribution in [0.25, 0.3) is 0 Å². The molecule has 0 saturated carbocycles. The molecular formula is C12H14N4OS. The van der Waals surface area contributed by atoms with Crippen LogP contribution in [0.4, 0.5) is 5.82 Å². The van der Waals surface area contributed by atoms with Gasteiger partial charge in [0.1, 0.15) is 5.82 Å². The summed E-state index contributed by atoms with van der Waals surface area (Å²) in [7, 11) is 1.74. The first-order valence-corrected chi connectivity index (χ1v) is 6.34. The second kappa shape index (κ2) is 5.59. The van der Waals surface area contributed by atoms with Crippen molar-refractivity contribution in [2.24, 2.45) is 0 Å². The van der Waals surface area contributed by atoms with Crippen molar-refractivity contribution in [2.75, 3.05) is 12.4 Å². The fourth-order valence-electron chi connectivity index (χ4n) is 1.54. The zero-order valence-corrected chi connectivity index (χ0v) is 11.0. The molecule has 6 heteroatoms. The first kappa shape index (κ1) is 12.5. The minimum atomic E-state index is -0.140. The van der Waals surface area contributed by atoms with E-state index in [9.17, 15) is 4.79 Å². The van der Waals surface area contributed by atoms with Gasteiger partial charge in [0.05, 0.1) is 17.1 Å². The van der Waals surface area contributed by atoms with E-state index < -0.39 is 0 Å². The first-order chi connectivity index (χ1) is 8.70. The lowest BCUT2D eigenvalue weighted by molar-refractivity contribution is 0.0952. The van der Waals surface area contributed by atoms with Gasteiger partial charge in [0.15, 0.2) is 0 Å². The molecule has 0 aromatic carbocycles. The Morgan fingerprint density at radius 2 is 2.28 bits per heavy atom. The average molecular weight is 262 g/mol. The molecule has 2 aromatic rings. The van der Waals surface area contributed by atoms with Gasteiger partial charge < -0.3 is 10.6 Å². The zero-order valence-electron chi connectivity index (χ0n) is 10.2. The third-order valence-electron chi connectivity index (χ3n) is 2.38. The fraction of sp³-hybridized carbons (Fsp3) is 0.250. The maximum atomic E-state index is 12.0. The molecule has 0 aliphatic rings. The summed E-state index contributed by atoms with van der Waals surface area (Å²) >= 11 is 1.58. The molecule has 0 atom stereocenters. The van der Waals surface area contributed by atoms with E-state index in [-0.39, 0.29) is 5.91 Å². The average Bonchev–Trinajstić information content (AvgIpc) is 2.81. The van der Waals surface area contributed by atoms with Crippen molar-refractivity contribution in [3.63, 3.8) is 0 Å². The number of carbonyl (C=O) groups is 1. The van der Waals surface area contributed by atoms with Crippen molar-refractivity contribution in [1.82, 2.24) is 15.3 Å². The van der Waals surface area contributed by atoms with E-state index >= 15 is 0 Å². The standard InChI is InChI=1S/C12H14N4OS/c1-8-15-6-9(18-8)7-16-12(17)10-4-3-5-14-11(10)13-2/h3-6H,7H2,1-2H3,(H,13,14)(H,16,17). The van der Waals surface area contributed by atoms with Crippen molar-refractivity contribution < 1.29 is 4.79 Å². The van der Waals surface area contributed by atoms with Crippen LogP contribution < -0.4 is 10.6 Å². The van der Waals surface area contributed by atoms with Crippen LogP contribution in [-0.2, 0) is 6.54 Å². The third kappa shape index (κ3) is 2.84. The number of amides is 1. The van der Waals surface area contributed by atoms with Gasteiger partial charge in [-0.15, -0.1) is 11.3 Å². The van der Waals surface area contributed by atoms with Crippen LogP contribution in [0.15, 0.2) is 24.5 Å². The number of nitrogens with zero attached hydrogens (tertiary/aromatic N) is 2. The lowest BCUT2D eigenvalue weighted by Gasteiger charge is -2.07. The quantitative estimate of drug-likeness (QED) is 0.882. The summed E-state index contributed by atoms with van der Waals surface area (Å²) in [6, 6.07) is 3.48. The highest BCUT2D eigenvalue weighted by Crippen LogP contribution is 2.13. The Bertz CT molecular complexity index is 553. The lowest BCUT2D eigenvalue weighted by atomic mass is 10.2. The minimum absolute atomic E-state index is 0.140. The van der Waals surface area contributed by atoms with Crippen molar-refractivity contribution in [1.29, 1.82) is 0 Å². The number of pyridine rings is 1. The van der Waals surface area contributed by atoms with Crippen LogP contribution in [0, 0.1) is 6.92 Å². The Hall–Kier alpha value is -1.95. The summed E-state index contributed by atoms with van der Waals surface area (Å²) in [5.74, 6) is 0.439. The number of aromatic nitrogens is 2. The highest BCUT2D eigenvalue weighted by Gasteiger charge is 2.11. The number of hydrogen-bond acceptors (Lipinski definition) is 5. The van der Waals surface area contributed by atoms with Crippen molar-refractivity contribution in [3.05, 3.63) is 40.0 Å². The summed E-state index contributed by atoms with van der Waals surface area (Å²) in [6.45, 7) is 2.43. The molecule has 1 amide bonds. The van der Waals surface area contributed by atoms with Crippen LogP contribution in [0.2, 0.25) is 0 Å². The maximum Gasteiger partial charge on any atom is 0.255 e. The van der Waals surface area contributed by atoms with Gasteiger partial charge in [-0.2, -0.15) is 0 Å². The van der Waals surface area contributed by atoms with E-state index in [0.29, 0.717) is 17.9 Å². The fourth-order valence-corrected chi connectivity index (χ4v) is 2.27. The molecule has 0 saturated heterocycles. The Kier molecular flexibility index (Phi) is 3.88. The summed E-state index contributed by atoms with van der Waals surface area (Å²) in [4.78, 5) is 21.3. The molecule has 0 fully saturated rings. The number of thiazole rings is 1. The van der Waals surface area contributed by atoms with Crippen molar-refractivity contribution >= 4 is 23.1 Å². The molecule has 2 aromatic heterocycles. The summed E-state index contributed by atoms with van der Waals surface area (Å²) in [6.07, 6.45) is 3.43. The van der Waals surface area contributed by atoms with Crippen molar-refractivity contribution in [3.8, 4) is 0 Å². The summed E-state index contributed by atoms with van der Waals surface area (Å²) < 4.78 is 0. The number of carbonyl (C=O) groups excluding carboxylic acids is 1. The number of aryl methyl sites for hydroxylation is 1. The predicted octanol–water partition coefficient (Wildman–Crippen LogP) is 1.82. The Labute approximate surface area is 109 Å². The Morgan fingerprint density at radius 3 is 2.94 bits per heavy atom. The second-order valence-corrected chi connectivity index (χ2v) is 5.00. The molecule has 0 aliphatic carbocycles. The highest BCUT2D eigenvalue weighted by molar-refractivity contribution is 7.11. The van der Waals surface area contributed by atoms with Gasteiger partial charge in [-0.25, -0.2) is 9.97 Å². The molecule has 2 N–H and O–H groups in total. The highest BCUT2D eigenvalue weighted by atomic mass is 32.1. The van der Waals surface area contributed by atoms with Crippen LogP contribution in [-0.4, -0.2) is 22.9 Å². The van der Waals surface area contributed by atoms with Crippen LogP contribution >= 0.6 is 11.3 Å². The van der Waals surface area contributed by atoms with E-state index in [2.05, 4.69) is 20.6 Å². The topological polar surface area (TPSA) is 66.9 Å². The molecule has 0 unspecified atom stereocenters. The van der Waals surface area contributed by atoms with Crippen LogP contribution in [0.3, 0.4) is 0 Å². The zero-order chi connectivity index (χ0) is 13.0. The van der Waals surface area contributed by atoms with Gasteiger partial charge in [0.25, 0.3) is 5.91 Å². The Morgan fingerprint density at radius 1 is 1.44 bits per heavy atom. The molecule has 2 heterocycles. The van der Waals surface area contributed by atoms with Gasteiger partial charge in [-0.1, -0.05) is 0 Å². The maximum absolute atomic E-state index is 12.0. The molecular weight excluding hydrogens is 248 g/mol. The second-order valence-electron chi connectivity index (χ2n) is 3.68. The SMILES string of the molecule is CNc1ncccc1C(=O)NCc1cnc(C)s1. The third-order valence-corrected chi connectivity index (χ3v) is 3.29. The van der Waals surface area contributed by atoms with Crippen molar-refractivity contribution in [2.45, 2.75) is 13.5 Å². The summed E-state index contributed by atoms with van der Waals surface area (Å²) in [5, 5.41) is 6.75. The van der Waals surface area contributed by atoms with E-state index in [1.165, 1.54) is 0 Å². The van der Waals surface area contributed by atoms with E-state index in [1.807, 2.05) is 6.92 Å². The molecule has 5 nitrogen and oxygen atoms in total. The number of nitrogens with one attached hydrogen (secondary N) is 2. The van der Waals surface area contributed by atoms with Crippen LogP contribution in [0.1, 0.15) is 20.2 Å². The van der Waals surface area contributed by atoms with Gasteiger partial charge in [-0.05, 0) is 19.1 Å². The van der Waals surface area contributed by atoms with E-state index in [4.69, 9.17) is 0 Å². The number of rotatable bonds is 4. The molecule has 0 radical (unpaired) electrons. The number of anilines is 1. The minimum Gasteiger partial charge on any atom is -0.372 e. The van der Waals surface area contributed by atoms with Crippen LogP contribution in [0.5, 0.6) is 0 Å². The van der Waals surface area contributed by atoms with E-state index in [0.717, 1.165) is 9.88 Å². The largest absolute Gasteiger partial charge is 0.372 e. The lowest BCUT2D eigenvalue weighted by Crippen LogP contribution is -2.23. The van der Waals surface area contributed by atoms with Gasteiger partial charge in [-0.3, -0.25) is 4.79 Å². The normalized spacial score (nSPS) is 10.1. The predicted molar refractivity (Wildman–Crippen MR) is 71.8 cm³/mol. The molecule has 0 spiro atoms. The van der Waals surface area contributed by atoms with E-state index in [1.54, 1.807) is 42.9 Å². The Balaban J connectivity index is 2.03.